The number of esters is 1. The van der Waals surface area contributed by atoms with Gasteiger partial charge in [0.2, 0.25) is 5.82 Å². The second-order valence-corrected chi connectivity index (χ2v) is 6.70. The largest absolute Gasteiger partial charge is 0.508 e. The van der Waals surface area contributed by atoms with Crippen LogP contribution in [0.2, 0.25) is 0 Å². The first-order valence-electron chi connectivity index (χ1n) is 9.35. The van der Waals surface area contributed by atoms with Crippen molar-refractivity contribution >= 4 is 11.7 Å². The molecule has 0 unspecified atom stereocenters. The van der Waals surface area contributed by atoms with E-state index >= 15 is 0 Å². The average molecular weight is 415 g/mol. The summed E-state index contributed by atoms with van der Waals surface area (Å²) in [5.41, 5.74) is 1.99. The average Bonchev–Trinajstić information content (AvgIpc) is 3.24. The topological polar surface area (TPSA) is 107 Å². The maximum atomic E-state index is 12.7. The summed E-state index contributed by atoms with van der Waals surface area (Å²) in [7, 11) is 0. The molecule has 2 aromatic heterocycles. The van der Waals surface area contributed by atoms with Crippen LogP contribution in [0.4, 0.5) is 5.69 Å². The third-order valence-corrected chi connectivity index (χ3v) is 4.62. The molecule has 0 fully saturated rings. The molecule has 0 amide bonds. The number of nitrogens with zero attached hydrogens (tertiary/aromatic N) is 3. The smallest absolute Gasteiger partial charge is 0.340 e. The number of carbonyl (C=O) groups is 1. The second-order valence-electron chi connectivity index (χ2n) is 6.70. The Morgan fingerprint density at radius 2 is 1.81 bits per heavy atom. The second kappa shape index (κ2) is 8.50. The van der Waals surface area contributed by atoms with Crippen LogP contribution in [0.1, 0.15) is 15.9 Å². The molecule has 0 saturated heterocycles. The highest BCUT2D eigenvalue weighted by atomic mass is 16.6. The van der Waals surface area contributed by atoms with Gasteiger partial charge in [-0.05, 0) is 47.5 Å². The van der Waals surface area contributed by atoms with Crippen LogP contribution in [-0.4, -0.2) is 25.6 Å². The molecule has 8 heteroatoms. The van der Waals surface area contributed by atoms with Crippen LogP contribution in [-0.2, 0) is 11.3 Å². The van der Waals surface area contributed by atoms with E-state index in [-0.39, 0.29) is 29.4 Å². The van der Waals surface area contributed by atoms with Crippen molar-refractivity contribution in [1.29, 1.82) is 0 Å². The van der Waals surface area contributed by atoms with Crippen LogP contribution in [0, 0.1) is 10.1 Å². The molecule has 154 valence electrons. The predicted octanol–water partition coefficient (Wildman–Crippen LogP) is 4.51. The number of phenols is 1. The highest BCUT2D eigenvalue weighted by Crippen LogP contribution is 2.30. The minimum atomic E-state index is -0.568. The van der Waals surface area contributed by atoms with E-state index in [1.807, 2.05) is 30.3 Å². The van der Waals surface area contributed by atoms with Gasteiger partial charge in [0.25, 0.3) is 0 Å². The van der Waals surface area contributed by atoms with Gasteiger partial charge in [-0.2, -0.15) is 0 Å². The summed E-state index contributed by atoms with van der Waals surface area (Å²) in [4.78, 5) is 27.8. The van der Waals surface area contributed by atoms with Gasteiger partial charge in [-0.3, -0.25) is 14.7 Å². The lowest BCUT2D eigenvalue weighted by molar-refractivity contribution is -0.384. The van der Waals surface area contributed by atoms with Gasteiger partial charge in [0.1, 0.15) is 12.4 Å². The molecular formula is C23H17N3O5. The summed E-state index contributed by atoms with van der Waals surface area (Å²) >= 11 is 0. The van der Waals surface area contributed by atoms with Crippen molar-refractivity contribution in [3.63, 3.8) is 0 Å². The zero-order valence-electron chi connectivity index (χ0n) is 16.2. The Balaban J connectivity index is 1.75. The minimum Gasteiger partial charge on any atom is -0.508 e. The van der Waals surface area contributed by atoms with Crippen LogP contribution < -0.4 is 0 Å². The maximum Gasteiger partial charge on any atom is 0.340 e. The molecule has 2 aromatic carbocycles. The van der Waals surface area contributed by atoms with Crippen molar-refractivity contribution in [2.24, 2.45) is 0 Å². The molecule has 0 atom stereocenters. The van der Waals surface area contributed by atoms with Crippen molar-refractivity contribution in [1.82, 2.24) is 9.55 Å². The first-order chi connectivity index (χ1) is 15.0. The number of ether oxygens (including phenoxy) is 1. The number of pyridine rings is 1. The summed E-state index contributed by atoms with van der Waals surface area (Å²) in [5.74, 6) is -0.424. The molecule has 0 saturated carbocycles. The molecule has 8 nitrogen and oxygen atoms in total. The highest BCUT2D eigenvalue weighted by Gasteiger charge is 2.22. The van der Waals surface area contributed by atoms with Crippen LogP contribution in [0.3, 0.4) is 0 Å². The summed E-state index contributed by atoms with van der Waals surface area (Å²) < 4.78 is 6.88. The molecule has 0 spiro atoms. The van der Waals surface area contributed by atoms with E-state index in [1.54, 1.807) is 18.2 Å². The quantitative estimate of drug-likeness (QED) is 0.282. The van der Waals surface area contributed by atoms with E-state index in [0.29, 0.717) is 11.3 Å². The van der Waals surface area contributed by atoms with Crippen molar-refractivity contribution in [3.05, 3.63) is 106 Å². The van der Waals surface area contributed by atoms with Crippen molar-refractivity contribution in [2.45, 2.75) is 6.61 Å². The van der Waals surface area contributed by atoms with Gasteiger partial charge in [0.15, 0.2) is 0 Å². The minimum absolute atomic E-state index is 0.0673. The fourth-order valence-electron chi connectivity index (χ4n) is 3.13. The molecule has 4 aromatic rings. The first-order valence-corrected chi connectivity index (χ1v) is 9.35. The van der Waals surface area contributed by atoms with E-state index < -0.39 is 10.9 Å². The normalized spacial score (nSPS) is 10.6. The Labute approximate surface area is 177 Å². The third kappa shape index (κ3) is 4.27. The number of aromatic nitrogens is 2. The van der Waals surface area contributed by atoms with Crippen LogP contribution >= 0.6 is 0 Å². The van der Waals surface area contributed by atoms with Gasteiger partial charge < -0.3 is 9.84 Å². The van der Waals surface area contributed by atoms with E-state index in [2.05, 4.69) is 4.98 Å². The lowest BCUT2D eigenvalue weighted by Crippen LogP contribution is -2.05. The van der Waals surface area contributed by atoms with Crippen molar-refractivity contribution in [3.8, 4) is 22.8 Å². The number of hydrogen-bond acceptors (Lipinski definition) is 6. The van der Waals surface area contributed by atoms with E-state index in [1.165, 1.54) is 41.2 Å². The summed E-state index contributed by atoms with van der Waals surface area (Å²) in [6.45, 7) is 0.100. The molecule has 2 heterocycles. The van der Waals surface area contributed by atoms with E-state index in [9.17, 15) is 20.0 Å². The zero-order valence-corrected chi connectivity index (χ0v) is 16.2. The van der Waals surface area contributed by atoms with Gasteiger partial charge in [0.05, 0.1) is 16.2 Å². The lowest BCUT2D eigenvalue weighted by Gasteiger charge is -2.08. The molecule has 0 aliphatic carbocycles. The maximum absolute atomic E-state index is 12.7. The number of carbonyl (C=O) groups excluding carboxylic acids is 1. The number of phenolic OH excluding ortho intramolecular Hbond substituents is 1. The van der Waals surface area contributed by atoms with Gasteiger partial charge in [0, 0.05) is 18.5 Å². The molecule has 0 aliphatic rings. The molecule has 0 radical (unpaired) electrons. The Hall–Kier alpha value is -4.46. The zero-order chi connectivity index (χ0) is 21.8. The number of aromatic hydroxyl groups is 1. The molecule has 31 heavy (non-hydrogen) atoms. The summed E-state index contributed by atoms with van der Waals surface area (Å²) in [5, 5.41) is 21.1. The van der Waals surface area contributed by atoms with Crippen molar-refractivity contribution < 1.29 is 19.6 Å². The molecular weight excluding hydrogens is 398 g/mol. The Morgan fingerprint density at radius 3 is 2.52 bits per heavy atom. The van der Waals surface area contributed by atoms with Crippen LogP contribution in [0.15, 0.2) is 85.2 Å². The summed E-state index contributed by atoms with van der Waals surface area (Å²) in [6.07, 6.45) is 2.90. The standard InChI is InChI=1S/C23H17N3O5/c27-19-10-8-17(9-11-19)21-13-18(23(28)31-15-16-5-2-1-3-6-16)14-25(21)22-20(26(29)30)7-4-12-24-22/h1-14,27H,15H2. The first kappa shape index (κ1) is 19.8. The van der Waals surface area contributed by atoms with Gasteiger partial charge in [-0.15, -0.1) is 0 Å². The lowest BCUT2D eigenvalue weighted by atomic mass is 10.1. The molecule has 4 rings (SSSR count). The van der Waals surface area contributed by atoms with Crippen LogP contribution in [0.5, 0.6) is 5.75 Å². The number of hydrogen-bond donors (Lipinski definition) is 1. The SMILES string of the molecule is O=C(OCc1ccccc1)c1cc(-c2ccc(O)cc2)n(-c2ncccc2[N+](=O)[O-])c1. The molecule has 0 bridgehead atoms. The van der Waals surface area contributed by atoms with E-state index in [4.69, 9.17) is 4.74 Å². The molecule has 0 aliphatic heterocycles. The van der Waals surface area contributed by atoms with E-state index in [0.717, 1.165) is 5.56 Å². The number of benzene rings is 2. The highest BCUT2D eigenvalue weighted by molar-refractivity contribution is 5.91. The number of nitro groups is 1. The van der Waals surface area contributed by atoms with Gasteiger partial charge in [-0.1, -0.05) is 30.3 Å². The summed E-state index contributed by atoms with van der Waals surface area (Å²) in [6, 6.07) is 19.9. The number of rotatable bonds is 6. The Kier molecular flexibility index (Phi) is 5.44. The fraction of sp³-hybridized carbons (Fsp3) is 0.0435. The Bertz CT molecular complexity index is 1230. The molecule has 1 N–H and O–H groups in total. The predicted molar refractivity (Wildman–Crippen MR) is 113 cm³/mol. The fourth-order valence-corrected chi connectivity index (χ4v) is 3.13. The monoisotopic (exact) mass is 415 g/mol. The van der Waals surface area contributed by atoms with Crippen LogP contribution in [0.25, 0.3) is 17.1 Å². The van der Waals surface area contributed by atoms with Gasteiger partial charge in [-0.25, -0.2) is 9.78 Å². The Morgan fingerprint density at radius 1 is 1.06 bits per heavy atom. The van der Waals surface area contributed by atoms with Crippen molar-refractivity contribution in [2.75, 3.05) is 0 Å². The third-order valence-electron chi connectivity index (χ3n) is 4.62. The van der Waals surface area contributed by atoms with Gasteiger partial charge >= 0.3 is 11.7 Å².